The number of nitrogens with zero attached hydrogens (tertiary/aromatic N) is 2. The van der Waals surface area contributed by atoms with Crippen LogP contribution in [0, 0.1) is 0 Å². The largest absolute Gasteiger partial charge is 0.450 e. The number of aromatic nitrogens is 1. The van der Waals surface area contributed by atoms with Gasteiger partial charge in [-0.25, -0.2) is 9.79 Å². The number of ether oxygens (including phenoxy) is 1. The minimum absolute atomic E-state index is 0.206. The van der Waals surface area contributed by atoms with E-state index in [9.17, 15) is 9.59 Å². The summed E-state index contributed by atoms with van der Waals surface area (Å²) >= 11 is 0. The fourth-order valence-corrected chi connectivity index (χ4v) is 2.35. The van der Waals surface area contributed by atoms with Crippen LogP contribution in [0.2, 0.25) is 0 Å². The van der Waals surface area contributed by atoms with Crippen molar-refractivity contribution in [1.29, 1.82) is 0 Å². The Hall–Kier alpha value is -3.22. The summed E-state index contributed by atoms with van der Waals surface area (Å²) in [5.74, 6) is -0.443. The third kappa shape index (κ3) is 3.24. The Labute approximate surface area is 138 Å². The number of nitrogens with one attached hydrogen (secondary N) is 2. The molecule has 2 amide bonds. The van der Waals surface area contributed by atoms with Crippen molar-refractivity contribution in [3.63, 3.8) is 0 Å². The number of anilines is 1. The number of pyridine rings is 1. The molecule has 1 unspecified atom stereocenters. The summed E-state index contributed by atoms with van der Waals surface area (Å²) in [5, 5.41) is 5.22. The predicted molar refractivity (Wildman–Crippen MR) is 88.9 cm³/mol. The summed E-state index contributed by atoms with van der Waals surface area (Å²) in [6.45, 7) is 1.89. The lowest BCUT2D eigenvalue weighted by atomic mass is 10.0. The van der Waals surface area contributed by atoms with Crippen molar-refractivity contribution in [3.8, 4) is 0 Å². The molecule has 0 saturated heterocycles. The fraction of sp³-hybridized carbons (Fsp3) is 0.176. The second kappa shape index (κ2) is 6.91. The Morgan fingerprint density at radius 2 is 2.04 bits per heavy atom. The van der Waals surface area contributed by atoms with Crippen LogP contribution < -0.4 is 10.6 Å². The molecule has 0 radical (unpaired) electrons. The molecule has 122 valence electrons. The standard InChI is InChI=1S/C17H16N4O3/c1-2-24-17(23)21-15-16(22)19-12-8-4-3-7-11(12)14(20-15)13-9-5-6-10-18-13/h3-10,15H,2H2,1H3,(H,19,22)(H,21,23). The van der Waals surface area contributed by atoms with Crippen LogP contribution in [-0.2, 0) is 9.53 Å². The van der Waals surface area contributed by atoms with Gasteiger partial charge in [0.2, 0.25) is 6.17 Å². The molecule has 0 saturated carbocycles. The van der Waals surface area contributed by atoms with E-state index in [1.54, 1.807) is 31.3 Å². The number of rotatable bonds is 3. The Bertz CT molecular complexity index is 789. The van der Waals surface area contributed by atoms with Crippen LogP contribution in [-0.4, -0.2) is 35.5 Å². The molecule has 2 N–H and O–H groups in total. The Morgan fingerprint density at radius 1 is 1.25 bits per heavy atom. The first-order valence-electron chi connectivity index (χ1n) is 7.52. The van der Waals surface area contributed by atoms with E-state index < -0.39 is 18.2 Å². The van der Waals surface area contributed by atoms with Crippen molar-refractivity contribution < 1.29 is 14.3 Å². The second-order valence-corrected chi connectivity index (χ2v) is 4.99. The molecule has 0 fully saturated rings. The number of alkyl carbamates (subject to hydrolysis) is 1. The number of hydrogen-bond donors (Lipinski definition) is 2. The SMILES string of the molecule is CCOC(=O)NC1N=C(c2ccccn2)c2ccccc2NC1=O. The molecule has 24 heavy (non-hydrogen) atoms. The zero-order valence-corrected chi connectivity index (χ0v) is 13.0. The number of amides is 2. The molecule has 2 aromatic rings. The number of benzene rings is 1. The van der Waals surface area contributed by atoms with Crippen molar-refractivity contribution in [1.82, 2.24) is 10.3 Å². The minimum Gasteiger partial charge on any atom is -0.450 e. The number of carbonyl (C=O) groups excluding carboxylic acids is 2. The molecular weight excluding hydrogens is 308 g/mol. The first-order chi connectivity index (χ1) is 11.7. The smallest absolute Gasteiger partial charge is 0.409 e. The van der Waals surface area contributed by atoms with Crippen molar-refractivity contribution in [2.45, 2.75) is 13.1 Å². The first kappa shape index (κ1) is 15.7. The molecule has 1 aromatic carbocycles. The van der Waals surface area contributed by atoms with Gasteiger partial charge in [-0.05, 0) is 25.1 Å². The number of fused-ring (bicyclic) bond motifs is 1. The minimum atomic E-state index is -1.10. The van der Waals surface area contributed by atoms with Crippen LogP contribution in [0.15, 0.2) is 53.7 Å². The molecule has 2 heterocycles. The van der Waals surface area contributed by atoms with Crippen molar-refractivity contribution >= 4 is 23.4 Å². The molecule has 1 aliphatic heterocycles. The van der Waals surface area contributed by atoms with Gasteiger partial charge in [-0.2, -0.15) is 0 Å². The molecular formula is C17H16N4O3. The van der Waals surface area contributed by atoms with E-state index >= 15 is 0 Å². The lowest BCUT2D eigenvalue weighted by molar-refractivity contribution is -0.117. The van der Waals surface area contributed by atoms with Gasteiger partial charge in [-0.15, -0.1) is 0 Å². The van der Waals surface area contributed by atoms with Gasteiger partial charge in [-0.3, -0.25) is 15.1 Å². The highest BCUT2D eigenvalue weighted by atomic mass is 16.5. The quantitative estimate of drug-likeness (QED) is 0.902. The van der Waals surface area contributed by atoms with Crippen molar-refractivity contribution in [3.05, 3.63) is 59.9 Å². The maximum Gasteiger partial charge on any atom is 0.409 e. The topological polar surface area (TPSA) is 92.7 Å². The Morgan fingerprint density at radius 3 is 2.79 bits per heavy atom. The average Bonchev–Trinajstić information content (AvgIpc) is 2.73. The van der Waals surface area contributed by atoms with Crippen LogP contribution >= 0.6 is 0 Å². The maximum atomic E-state index is 12.4. The van der Waals surface area contributed by atoms with Gasteiger partial charge >= 0.3 is 6.09 Å². The summed E-state index contributed by atoms with van der Waals surface area (Å²) in [5.41, 5.74) is 2.47. The van der Waals surface area contributed by atoms with Crippen LogP contribution in [0.1, 0.15) is 18.2 Å². The summed E-state index contributed by atoms with van der Waals surface area (Å²) < 4.78 is 4.84. The average molecular weight is 324 g/mol. The molecule has 0 bridgehead atoms. The monoisotopic (exact) mass is 324 g/mol. The zero-order valence-electron chi connectivity index (χ0n) is 13.0. The number of benzodiazepines with no additional fused rings is 1. The van der Waals surface area contributed by atoms with E-state index in [4.69, 9.17) is 4.74 Å². The highest BCUT2D eigenvalue weighted by Gasteiger charge is 2.27. The van der Waals surface area contributed by atoms with Gasteiger partial charge in [-0.1, -0.05) is 24.3 Å². The second-order valence-electron chi connectivity index (χ2n) is 4.99. The molecule has 7 nitrogen and oxygen atoms in total. The van der Waals surface area contributed by atoms with Crippen LogP contribution in [0.3, 0.4) is 0 Å². The number of hydrogen-bond acceptors (Lipinski definition) is 5. The van der Waals surface area contributed by atoms with Gasteiger partial charge in [0.05, 0.1) is 23.7 Å². The number of aliphatic imine (C=N–C) groups is 1. The summed E-state index contributed by atoms with van der Waals surface area (Å²) in [6, 6.07) is 12.7. The number of carbonyl (C=O) groups is 2. The molecule has 0 aliphatic carbocycles. The molecule has 7 heteroatoms. The number of para-hydroxylation sites is 1. The predicted octanol–water partition coefficient (Wildman–Crippen LogP) is 1.94. The van der Waals surface area contributed by atoms with E-state index in [0.717, 1.165) is 5.56 Å². The lowest BCUT2D eigenvalue weighted by Gasteiger charge is -2.12. The van der Waals surface area contributed by atoms with E-state index in [2.05, 4.69) is 20.6 Å². The highest BCUT2D eigenvalue weighted by molar-refractivity contribution is 6.18. The molecule has 3 rings (SSSR count). The highest BCUT2D eigenvalue weighted by Crippen LogP contribution is 2.22. The van der Waals surface area contributed by atoms with Crippen molar-refractivity contribution in [2.24, 2.45) is 4.99 Å². The molecule has 1 aromatic heterocycles. The third-order valence-corrected chi connectivity index (χ3v) is 3.38. The van der Waals surface area contributed by atoms with E-state index in [-0.39, 0.29) is 6.61 Å². The Balaban J connectivity index is 2.05. The lowest BCUT2D eigenvalue weighted by Crippen LogP contribution is -2.42. The van der Waals surface area contributed by atoms with E-state index in [1.807, 2.05) is 24.3 Å². The van der Waals surface area contributed by atoms with Gasteiger partial charge in [0.1, 0.15) is 0 Å². The summed E-state index contributed by atoms with van der Waals surface area (Å²) in [6.07, 6.45) is -0.157. The fourth-order valence-electron chi connectivity index (χ4n) is 2.35. The Kier molecular flexibility index (Phi) is 4.51. The van der Waals surface area contributed by atoms with Crippen molar-refractivity contribution in [2.75, 3.05) is 11.9 Å². The maximum absolute atomic E-state index is 12.4. The molecule has 1 aliphatic rings. The molecule has 1 atom stereocenters. The normalized spacial score (nSPS) is 16.3. The molecule has 0 spiro atoms. The summed E-state index contributed by atoms with van der Waals surface area (Å²) in [4.78, 5) is 32.8. The third-order valence-electron chi connectivity index (χ3n) is 3.38. The summed E-state index contributed by atoms with van der Waals surface area (Å²) in [7, 11) is 0. The zero-order chi connectivity index (χ0) is 16.9. The van der Waals surface area contributed by atoms with Crippen LogP contribution in [0.4, 0.5) is 10.5 Å². The van der Waals surface area contributed by atoms with E-state index in [0.29, 0.717) is 17.1 Å². The van der Waals surface area contributed by atoms with Gasteiger partial charge in [0, 0.05) is 11.8 Å². The van der Waals surface area contributed by atoms with Crippen LogP contribution in [0.25, 0.3) is 0 Å². The van der Waals surface area contributed by atoms with E-state index in [1.165, 1.54) is 0 Å². The van der Waals surface area contributed by atoms with Crippen LogP contribution in [0.5, 0.6) is 0 Å². The van der Waals surface area contributed by atoms with Gasteiger partial charge in [0.15, 0.2) is 0 Å². The first-order valence-corrected chi connectivity index (χ1v) is 7.52. The van der Waals surface area contributed by atoms with Gasteiger partial charge < -0.3 is 10.1 Å². The van der Waals surface area contributed by atoms with Gasteiger partial charge in [0.25, 0.3) is 5.91 Å².